The van der Waals surface area contributed by atoms with Crippen molar-refractivity contribution >= 4 is 0 Å². The molecular formula is C9H17N5O. The molecule has 1 aromatic rings. The van der Waals surface area contributed by atoms with Crippen LogP contribution >= 0.6 is 0 Å². The number of likely N-dealkylation sites (tertiary alicyclic amines) is 1. The summed E-state index contributed by atoms with van der Waals surface area (Å²) in [7, 11) is 1.76. The molecule has 2 unspecified atom stereocenters. The van der Waals surface area contributed by atoms with E-state index in [1.54, 1.807) is 7.05 Å². The predicted octanol–water partition coefficient (Wildman–Crippen LogP) is -0.587. The van der Waals surface area contributed by atoms with Gasteiger partial charge in [0, 0.05) is 6.04 Å². The van der Waals surface area contributed by atoms with E-state index in [2.05, 4.69) is 27.2 Å². The molecule has 1 saturated heterocycles. The van der Waals surface area contributed by atoms with Gasteiger partial charge in [0.1, 0.15) is 0 Å². The standard InChI is InChI=1S/C9H17N5O/c1-7-3-4-14(8(7)6-15)5-9-10-12-13(2)11-9/h7-8,15H,3-6H2,1-2H3. The SMILES string of the molecule is CC1CCN(Cc2nnn(C)n2)C1CO. The van der Waals surface area contributed by atoms with E-state index in [1.165, 1.54) is 4.80 Å². The van der Waals surface area contributed by atoms with Crippen molar-refractivity contribution in [2.45, 2.75) is 25.9 Å². The van der Waals surface area contributed by atoms with Gasteiger partial charge in [0.15, 0.2) is 5.82 Å². The molecule has 1 aliphatic rings. The normalized spacial score (nSPS) is 27.4. The fraction of sp³-hybridized carbons (Fsp3) is 0.889. The summed E-state index contributed by atoms with van der Waals surface area (Å²) in [6.07, 6.45) is 1.13. The first-order chi connectivity index (χ1) is 7.20. The van der Waals surface area contributed by atoms with Crippen LogP contribution in [0.2, 0.25) is 0 Å². The molecule has 6 heteroatoms. The van der Waals surface area contributed by atoms with Crippen LogP contribution in [0.1, 0.15) is 19.2 Å². The second-order valence-corrected chi connectivity index (χ2v) is 4.18. The van der Waals surface area contributed by atoms with E-state index >= 15 is 0 Å². The largest absolute Gasteiger partial charge is 0.395 e. The molecule has 0 amide bonds. The Balaban J connectivity index is 2.00. The average Bonchev–Trinajstić information content (AvgIpc) is 2.75. The zero-order valence-electron chi connectivity index (χ0n) is 9.17. The van der Waals surface area contributed by atoms with E-state index in [4.69, 9.17) is 0 Å². The zero-order chi connectivity index (χ0) is 10.8. The van der Waals surface area contributed by atoms with E-state index in [0.29, 0.717) is 12.5 Å². The van der Waals surface area contributed by atoms with Gasteiger partial charge in [-0.3, -0.25) is 4.90 Å². The third-order valence-electron chi connectivity index (χ3n) is 3.08. The second-order valence-electron chi connectivity index (χ2n) is 4.18. The van der Waals surface area contributed by atoms with Crippen LogP contribution in [0.5, 0.6) is 0 Å². The predicted molar refractivity (Wildman–Crippen MR) is 53.9 cm³/mol. The maximum atomic E-state index is 9.29. The first-order valence-corrected chi connectivity index (χ1v) is 5.28. The summed E-state index contributed by atoms with van der Waals surface area (Å²) < 4.78 is 0. The molecule has 1 fully saturated rings. The summed E-state index contributed by atoms with van der Waals surface area (Å²) in [6.45, 7) is 4.07. The minimum atomic E-state index is 0.210. The van der Waals surface area contributed by atoms with Crippen molar-refractivity contribution in [1.29, 1.82) is 0 Å². The lowest BCUT2D eigenvalue weighted by Crippen LogP contribution is -2.35. The maximum Gasteiger partial charge on any atom is 0.188 e. The van der Waals surface area contributed by atoms with Crippen molar-refractivity contribution in [3.8, 4) is 0 Å². The fourth-order valence-corrected chi connectivity index (χ4v) is 2.15. The highest BCUT2D eigenvalue weighted by Crippen LogP contribution is 2.24. The smallest absolute Gasteiger partial charge is 0.188 e. The Bertz CT molecular complexity index is 326. The highest BCUT2D eigenvalue weighted by atomic mass is 16.3. The molecule has 0 aliphatic carbocycles. The molecule has 2 atom stereocenters. The van der Waals surface area contributed by atoms with Crippen molar-refractivity contribution in [3.05, 3.63) is 5.82 Å². The molecule has 15 heavy (non-hydrogen) atoms. The summed E-state index contributed by atoms with van der Waals surface area (Å²) >= 11 is 0. The zero-order valence-corrected chi connectivity index (χ0v) is 9.17. The average molecular weight is 211 g/mol. The van der Waals surface area contributed by atoms with Crippen LogP contribution in [-0.4, -0.2) is 49.4 Å². The van der Waals surface area contributed by atoms with Crippen molar-refractivity contribution in [2.24, 2.45) is 13.0 Å². The number of aromatic nitrogens is 4. The van der Waals surface area contributed by atoms with Gasteiger partial charge in [-0.15, -0.1) is 10.2 Å². The number of tetrazole rings is 1. The second kappa shape index (κ2) is 4.24. The molecule has 6 nitrogen and oxygen atoms in total. The van der Waals surface area contributed by atoms with Gasteiger partial charge in [0.05, 0.1) is 20.2 Å². The van der Waals surface area contributed by atoms with Gasteiger partial charge >= 0.3 is 0 Å². The van der Waals surface area contributed by atoms with Gasteiger partial charge in [0.25, 0.3) is 0 Å². The molecule has 0 spiro atoms. The molecule has 1 aliphatic heterocycles. The lowest BCUT2D eigenvalue weighted by Gasteiger charge is -2.23. The first kappa shape index (κ1) is 10.5. The van der Waals surface area contributed by atoms with Crippen molar-refractivity contribution in [1.82, 2.24) is 25.1 Å². The summed E-state index contributed by atoms with van der Waals surface area (Å²) in [4.78, 5) is 3.68. The summed E-state index contributed by atoms with van der Waals surface area (Å²) in [5.41, 5.74) is 0. The van der Waals surface area contributed by atoms with Crippen LogP contribution in [0, 0.1) is 5.92 Å². The first-order valence-electron chi connectivity index (χ1n) is 5.28. The quantitative estimate of drug-likeness (QED) is 0.724. The van der Waals surface area contributed by atoms with Crippen molar-refractivity contribution < 1.29 is 5.11 Å². The number of aliphatic hydroxyl groups excluding tert-OH is 1. The van der Waals surface area contributed by atoms with Crippen molar-refractivity contribution in [3.63, 3.8) is 0 Å². The summed E-state index contributed by atoms with van der Waals surface area (Å²) in [5.74, 6) is 1.27. The third-order valence-corrected chi connectivity index (χ3v) is 3.08. The molecule has 0 bridgehead atoms. The van der Waals surface area contributed by atoms with Gasteiger partial charge in [-0.2, -0.15) is 4.80 Å². The van der Waals surface area contributed by atoms with Gasteiger partial charge in [-0.1, -0.05) is 6.92 Å². The highest BCUT2D eigenvalue weighted by molar-refractivity contribution is 4.88. The van der Waals surface area contributed by atoms with Gasteiger partial charge in [-0.25, -0.2) is 0 Å². The Morgan fingerprint density at radius 1 is 1.53 bits per heavy atom. The summed E-state index contributed by atoms with van der Waals surface area (Å²) in [5, 5.41) is 21.2. The van der Waals surface area contributed by atoms with Crippen LogP contribution in [0.25, 0.3) is 0 Å². The highest BCUT2D eigenvalue weighted by Gasteiger charge is 2.31. The minimum absolute atomic E-state index is 0.210. The lowest BCUT2D eigenvalue weighted by molar-refractivity contribution is 0.132. The van der Waals surface area contributed by atoms with Crippen LogP contribution < -0.4 is 0 Å². The number of hydrogen-bond donors (Lipinski definition) is 1. The molecule has 2 heterocycles. The van der Waals surface area contributed by atoms with Gasteiger partial charge < -0.3 is 5.11 Å². The molecule has 0 aromatic carbocycles. The molecule has 84 valence electrons. The Morgan fingerprint density at radius 3 is 2.93 bits per heavy atom. The molecule has 1 N–H and O–H groups in total. The molecule has 0 radical (unpaired) electrons. The van der Waals surface area contributed by atoms with Crippen LogP contribution in [0.15, 0.2) is 0 Å². The van der Waals surface area contributed by atoms with Crippen LogP contribution in [0.4, 0.5) is 0 Å². The topological polar surface area (TPSA) is 67.1 Å². The summed E-state index contributed by atoms with van der Waals surface area (Å²) in [6, 6.07) is 0.244. The van der Waals surface area contributed by atoms with E-state index in [9.17, 15) is 5.11 Å². The van der Waals surface area contributed by atoms with Gasteiger partial charge in [0.2, 0.25) is 0 Å². The van der Waals surface area contributed by atoms with Gasteiger partial charge in [-0.05, 0) is 24.1 Å². The van der Waals surface area contributed by atoms with E-state index < -0.39 is 0 Å². The minimum Gasteiger partial charge on any atom is -0.395 e. The molecule has 0 saturated carbocycles. The maximum absolute atomic E-state index is 9.29. The van der Waals surface area contributed by atoms with E-state index in [1.807, 2.05) is 0 Å². The Morgan fingerprint density at radius 2 is 2.33 bits per heavy atom. The Labute approximate surface area is 88.9 Å². The number of aliphatic hydroxyl groups is 1. The fourth-order valence-electron chi connectivity index (χ4n) is 2.15. The Hall–Kier alpha value is -1.01. The lowest BCUT2D eigenvalue weighted by atomic mass is 10.0. The number of rotatable bonds is 3. The molecular weight excluding hydrogens is 194 g/mol. The van der Waals surface area contributed by atoms with Crippen molar-refractivity contribution in [2.75, 3.05) is 13.2 Å². The van der Waals surface area contributed by atoms with Crippen LogP contribution in [-0.2, 0) is 13.6 Å². The van der Waals surface area contributed by atoms with E-state index in [-0.39, 0.29) is 12.6 Å². The third kappa shape index (κ3) is 2.15. The number of hydrogen-bond acceptors (Lipinski definition) is 5. The monoisotopic (exact) mass is 211 g/mol. The van der Waals surface area contributed by atoms with Crippen LogP contribution in [0.3, 0.4) is 0 Å². The molecule has 1 aromatic heterocycles. The number of aryl methyl sites for hydroxylation is 1. The Kier molecular flexibility index (Phi) is 2.97. The molecule has 2 rings (SSSR count). The van der Waals surface area contributed by atoms with E-state index in [0.717, 1.165) is 18.8 Å². The number of nitrogens with zero attached hydrogens (tertiary/aromatic N) is 5.